The van der Waals surface area contributed by atoms with Crippen LogP contribution in [0.4, 0.5) is 0 Å². The molecule has 0 aromatic rings. The summed E-state index contributed by atoms with van der Waals surface area (Å²) in [6, 6.07) is 0.211. The smallest absolute Gasteiger partial charge is 0.224 e. The molecule has 1 aliphatic rings. The van der Waals surface area contributed by atoms with Gasteiger partial charge in [-0.05, 0) is 31.6 Å². The SMILES string of the molecule is CC(C)CC(=O)NCCC(=O)N1CCC(C(C)N)CC1.Cl. The van der Waals surface area contributed by atoms with Gasteiger partial charge in [0.2, 0.25) is 11.8 Å². The molecule has 6 heteroatoms. The zero-order valence-corrected chi connectivity index (χ0v) is 14.2. The van der Waals surface area contributed by atoms with Crippen molar-refractivity contribution >= 4 is 24.2 Å². The van der Waals surface area contributed by atoms with Gasteiger partial charge < -0.3 is 16.0 Å². The quantitative estimate of drug-likeness (QED) is 0.780. The zero-order chi connectivity index (χ0) is 15.1. The van der Waals surface area contributed by atoms with E-state index in [4.69, 9.17) is 5.73 Å². The van der Waals surface area contributed by atoms with Crippen molar-refractivity contribution in [1.29, 1.82) is 0 Å². The van der Waals surface area contributed by atoms with Gasteiger partial charge in [0.25, 0.3) is 0 Å². The molecular formula is C15H30ClN3O2. The second-order valence-corrected chi connectivity index (χ2v) is 6.28. The Balaban J connectivity index is 0.00000400. The maximum absolute atomic E-state index is 12.0. The van der Waals surface area contributed by atoms with Gasteiger partial charge in [-0.15, -0.1) is 12.4 Å². The Morgan fingerprint density at radius 2 is 1.81 bits per heavy atom. The third-order valence-electron chi connectivity index (χ3n) is 3.89. The molecule has 0 radical (unpaired) electrons. The van der Waals surface area contributed by atoms with Crippen molar-refractivity contribution in [2.75, 3.05) is 19.6 Å². The zero-order valence-electron chi connectivity index (χ0n) is 13.4. The van der Waals surface area contributed by atoms with Gasteiger partial charge in [0.15, 0.2) is 0 Å². The lowest BCUT2D eigenvalue weighted by atomic mass is 9.91. The Kier molecular flexibility index (Phi) is 9.62. The topological polar surface area (TPSA) is 75.4 Å². The molecule has 21 heavy (non-hydrogen) atoms. The van der Waals surface area contributed by atoms with E-state index in [2.05, 4.69) is 5.32 Å². The molecule has 0 spiro atoms. The maximum Gasteiger partial charge on any atom is 0.224 e. The standard InChI is InChI=1S/C15H29N3O2.ClH/c1-11(2)10-14(19)17-7-4-15(20)18-8-5-13(6-9-18)12(3)16;/h11-13H,4-10,16H2,1-3H3,(H,17,19);1H. The molecule has 3 N–H and O–H groups in total. The van der Waals surface area contributed by atoms with Gasteiger partial charge in [-0.1, -0.05) is 13.8 Å². The Bertz CT molecular complexity index is 327. The average molecular weight is 320 g/mol. The van der Waals surface area contributed by atoms with Crippen molar-refractivity contribution < 1.29 is 9.59 Å². The summed E-state index contributed by atoms with van der Waals surface area (Å²) in [5, 5.41) is 2.80. The summed E-state index contributed by atoms with van der Waals surface area (Å²) in [6.07, 6.45) is 2.90. The number of hydrogen-bond donors (Lipinski definition) is 2. The summed E-state index contributed by atoms with van der Waals surface area (Å²) in [6.45, 7) is 8.08. The normalized spacial score (nSPS) is 17.3. The van der Waals surface area contributed by atoms with Crippen LogP contribution in [0.2, 0.25) is 0 Å². The van der Waals surface area contributed by atoms with E-state index in [1.807, 2.05) is 25.7 Å². The Morgan fingerprint density at radius 1 is 1.24 bits per heavy atom. The first-order valence-corrected chi connectivity index (χ1v) is 7.70. The first-order chi connectivity index (χ1) is 9.40. The van der Waals surface area contributed by atoms with Crippen LogP contribution in [-0.4, -0.2) is 42.4 Å². The lowest BCUT2D eigenvalue weighted by molar-refractivity contribution is -0.132. The number of hydrogen-bond acceptors (Lipinski definition) is 3. The van der Waals surface area contributed by atoms with Crippen LogP contribution in [0.25, 0.3) is 0 Å². The minimum atomic E-state index is 0. The number of nitrogens with two attached hydrogens (primary N) is 1. The number of piperidine rings is 1. The molecular weight excluding hydrogens is 290 g/mol. The molecule has 0 saturated carbocycles. The highest BCUT2D eigenvalue weighted by Gasteiger charge is 2.24. The molecule has 0 aromatic carbocycles. The molecule has 1 unspecified atom stereocenters. The van der Waals surface area contributed by atoms with Crippen molar-refractivity contribution in [3.63, 3.8) is 0 Å². The first-order valence-electron chi connectivity index (χ1n) is 7.70. The number of halogens is 1. The fourth-order valence-electron chi connectivity index (χ4n) is 2.58. The van der Waals surface area contributed by atoms with Gasteiger partial charge >= 0.3 is 0 Å². The van der Waals surface area contributed by atoms with Crippen molar-refractivity contribution in [3.8, 4) is 0 Å². The number of amides is 2. The van der Waals surface area contributed by atoms with Crippen molar-refractivity contribution in [2.24, 2.45) is 17.6 Å². The molecule has 5 nitrogen and oxygen atoms in total. The molecule has 124 valence electrons. The van der Waals surface area contributed by atoms with Crippen LogP contribution in [0.15, 0.2) is 0 Å². The molecule has 0 aliphatic carbocycles. The lowest BCUT2D eigenvalue weighted by Gasteiger charge is -2.33. The lowest BCUT2D eigenvalue weighted by Crippen LogP contribution is -2.43. The highest BCUT2D eigenvalue weighted by atomic mass is 35.5. The summed E-state index contributed by atoms with van der Waals surface area (Å²) in [5.74, 6) is 1.05. The van der Waals surface area contributed by atoms with Gasteiger partial charge in [-0.25, -0.2) is 0 Å². The molecule has 1 aliphatic heterocycles. The van der Waals surface area contributed by atoms with Gasteiger partial charge in [-0.3, -0.25) is 9.59 Å². The van der Waals surface area contributed by atoms with Gasteiger partial charge in [-0.2, -0.15) is 0 Å². The minimum absolute atomic E-state index is 0. The maximum atomic E-state index is 12.0. The van der Waals surface area contributed by atoms with Crippen LogP contribution in [-0.2, 0) is 9.59 Å². The van der Waals surface area contributed by atoms with Crippen molar-refractivity contribution in [3.05, 3.63) is 0 Å². The van der Waals surface area contributed by atoms with E-state index in [0.29, 0.717) is 31.2 Å². The van der Waals surface area contributed by atoms with E-state index >= 15 is 0 Å². The molecule has 2 amide bonds. The number of carbonyl (C=O) groups excluding carboxylic acids is 2. The highest BCUT2D eigenvalue weighted by Crippen LogP contribution is 2.19. The average Bonchev–Trinajstić information content (AvgIpc) is 2.37. The molecule has 0 bridgehead atoms. The minimum Gasteiger partial charge on any atom is -0.356 e. The number of likely N-dealkylation sites (tertiary alicyclic amines) is 1. The molecule has 1 heterocycles. The largest absolute Gasteiger partial charge is 0.356 e. The van der Waals surface area contributed by atoms with Crippen LogP contribution >= 0.6 is 12.4 Å². The van der Waals surface area contributed by atoms with E-state index in [1.54, 1.807) is 0 Å². The van der Waals surface area contributed by atoms with E-state index in [-0.39, 0.29) is 30.3 Å². The number of nitrogens with one attached hydrogen (secondary N) is 1. The number of carbonyl (C=O) groups is 2. The Morgan fingerprint density at radius 3 is 2.29 bits per heavy atom. The summed E-state index contributed by atoms with van der Waals surface area (Å²) in [4.78, 5) is 25.4. The molecule has 1 rings (SSSR count). The first kappa shape index (κ1) is 20.2. The van der Waals surface area contributed by atoms with Crippen LogP contribution in [0.1, 0.15) is 46.5 Å². The third kappa shape index (κ3) is 7.67. The van der Waals surface area contributed by atoms with Crippen LogP contribution in [0, 0.1) is 11.8 Å². The summed E-state index contributed by atoms with van der Waals surface area (Å²) >= 11 is 0. The van der Waals surface area contributed by atoms with Crippen LogP contribution in [0.5, 0.6) is 0 Å². The van der Waals surface area contributed by atoms with E-state index < -0.39 is 0 Å². The van der Waals surface area contributed by atoms with E-state index in [0.717, 1.165) is 25.9 Å². The second kappa shape index (κ2) is 10.0. The summed E-state index contributed by atoms with van der Waals surface area (Å²) in [7, 11) is 0. The van der Waals surface area contributed by atoms with E-state index in [1.165, 1.54) is 0 Å². The number of rotatable bonds is 6. The Labute approximate surface area is 134 Å². The summed E-state index contributed by atoms with van der Waals surface area (Å²) < 4.78 is 0. The predicted molar refractivity (Wildman–Crippen MR) is 87.3 cm³/mol. The summed E-state index contributed by atoms with van der Waals surface area (Å²) in [5.41, 5.74) is 5.89. The van der Waals surface area contributed by atoms with Gasteiger partial charge in [0.1, 0.15) is 0 Å². The predicted octanol–water partition coefficient (Wildman–Crippen LogP) is 1.55. The Hall–Kier alpha value is -0.810. The second-order valence-electron chi connectivity index (χ2n) is 6.28. The molecule has 0 aromatic heterocycles. The highest BCUT2D eigenvalue weighted by molar-refractivity contribution is 5.85. The molecule has 1 fully saturated rings. The monoisotopic (exact) mass is 319 g/mol. The molecule has 1 saturated heterocycles. The van der Waals surface area contributed by atoms with Gasteiger partial charge in [0.05, 0.1) is 0 Å². The van der Waals surface area contributed by atoms with Crippen molar-refractivity contribution in [2.45, 2.75) is 52.5 Å². The van der Waals surface area contributed by atoms with Crippen LogP contribution < -0.4 is 11.1 Å². The van der Waals surface area contributed by atoms with Gasteiger partial charge in [0, 0.05) is 38.5 Å². The number of nitrogens with zero attached hydrogens (tertiary/aromatic N) is 1. The fourth-order valence-corrected chi connectivity index (χ4v) is 2.58. The van der Waals surface area contributed by atoms with Crippen LogP contribution in [0.3, 0.4) is 0 Å². The third-order valence-corrected chi connectivity index (χ3v) is 3.89. The molecule has 1 atom stereocenters. The van der Waals surface area contributed by atoms with Crippen molar-refractivity contribution in [1.82, 2.24) is 10.2 Å². The fraction of sp³-hybridized carbons (Fsp3) is 0.867. The van der Waals surface area contributed by atoms with E-state index in [9.17, 15) is 9.59 Å².